The van der Waals surface area contributed by atoms with Crippen molar-refractivity contribution in [2.45, 2.75) is 18.9 Å². The third kappa shape index (κ3) is 3.40. The molecule has 0 saturated carbocycles. The summed E-state index contributed by atoms with van der Waals surface area (Å²) in [5.41, 5.74) is 0.569. The van der Waals surface area contributed by atoms with Gasteiger partial charge < -0.3 is 14.9 Å². The van der Waals surface area contributed by atoms with E-state index in [9.17, 15) is 19.5 Å². The number of piperidine rings is 1. The number of aliphatic carboxylic acids is 1. The molecule has 2 amide bonds. The zero-order valence-electron chi connectivity index (χ0n) is 13.3. The van der Waals surface area contributed by atoms with Crippen LogP contribution in [0.5, 0.6) is 0 Å². The molecule has 1 aromatic rings. The molecular formula is C17H20N2O4S. The van der Waals surface area contributed by atoms with E-state index in [4.69, 9.17) is 0 Å². The van der Waals surface area contributed by atoms with Crippen molar-refractivity contribution in [2.24, 2.45) is 5.92 Å². The van der Waals surface area contributed by atoms with Crippen molar-refractivity contribution in [1.29, 1.82) is 0 Å². The fraction of sp³-hybridized carbons (Fsp3) is 0.471. The van der Waals surface area contributed by atoms with Gasteiger partial charge >= 0.3 is 5.97 Å². The number of likely N-dealkylation sites (tertiary alicyclic amines) is 1. The van der Waals surface area contributed by atoms with E-state index < -0.39 is 17.9 Å². The van der Waals surface area contributed by atoms with Crippen molar-refractivity contribution in [3.63, 3.8) is 0 Å². The molecule has 0 bridgehead atoms. The minimum Gasteiger partial charge on any atom is -0.481 e. The summed E-state index contributed by atoms with van der Waals surface area (Å²) in [5.74, 6) is -0.590. The van der Waals surface area contributed by atoms with Crippen LogP contribution in [-0.2, 0) is 9.59 Å². The minimum absolute atomic E-state index is 0.129. The van der Waals surface area contributed by atoms with Gasteiger partial charge in [-0.05, 0) is 25.0 Å². The molecule has 2 fully saturated rings. The Morgan fingerprint density at radius 3 is 2.62 bits per heavy atom. The molecule has 2 aliphatic heterocycles. The predicted octanol–water partition coefficient (Wildman–Crippen LogP) is 1.52. The minimum atomic E-state index is -0.856. The van der Waals surface area contributed by atoms with Gasteiger partial charge in [0.15, 0.2) is 0 Å². The van der Waals surface area contributed by atoms with E-state index >= 15 is 0 Å². The molecule has 2 atom stereocenters. The molecule has 0 spiro atoms. The second-order valence-electron chi connectivity index (χ2n) is 6.12. The lowest BCUT2D eigenvalue weighted by Crippen LogP contribution is -2.52. The molecule has 24 heavy (non-hydrogen) atoms. The number of carboxylic acids is 1. The Morgan fingerprint density at radius 1 is 1.17 bits per heavy atom. The van der Waals surface area contributed by atoms with Crippen LogP contribution >= 0.6 is 11.8 Å². The number of amides is 2. The van der Waals surface area contributed by atoms with Crippen molar-refractivity contribution in [2.75, 3.05) is 24.7 Å². The van der Waals surface area contributed by atoms with Crippen LogP contribution in [0.15, 0.2) is 30.3 Å². The van der Waals surface area contributed by atoms with Gasteiger partial charge in [0.05, 0.1) is 11.8 Å². The smallest absolute Gasteiger partial charge is 0.308 e. The summed E-state index contributed by atoms with van der Waals surface area (Å²) in [6, 6.07) is 8.43. The number of rotatable bonds is 3. The number of hydrogen-bond acceptors (Lipinski definition) is 4. The molecular weight excluding hydrogens is 328 g/mol. The van der Waals surface area contributed by atoms with E-state index in [0.717, 1.165) is 0 Å². The second kappa shape index (κ2) is 7.25. The molecule has 2 heterocycles. The van der Waals surface area contributed by atoms with E-state index in [1.807, 2.05) is 6.07 Å². The number of thioether (sulfide) groups is 1. The number of carbonyl (C=O) groups is 3. The van der Waals surface area contributed by atoms with Gasteiger partial charge in [-0.2, -0.15) is 0 Å². The average Bonchev–Trinajstić information content (AvgIpc) is 3.11. The summed E-state index contributed by atoms with van der Waals surface area (Å²) in [6.07, 6.45) is 1.29. The Morgan fingerprint density at radius 2 is 1.92 bits per heavy atom. The first-order valence-corrected chi connectivity index (χ1v) is 9.18. The number of hydrogen-bond donors (Lipinski definition) is 1. The van der Waals surface area contributed by atoms with Crippen molar-refractivity contribution in [3.8, 4) is 0 Å². The lowest BCUT2D eigenvalue weighted by molar-refractivity contribution is -0.146. The van der Waals surface area contributed by atoms with Gasteiger partial charge in [0.25, 0.3) is 5.91 Å². The lowest BCUT2D eigenvalue weighted by Gasteiger charge is -2.34. The summed E-state index contributed by atoms with van der Waals surface area (Å²) in [6.45, 7) is 0.805. The Balaban J connectivity index is 1.72. The van der Waals surface area contributed by atoms with Crippen molar-refractivity contribution in [1.82, 2.24) is 9.80 Å². The zero-order valence-corrected chi connectivity index (χ0v) is 14.1. The van der Waals surface area contributed by atoms with Crippen LogP contribution in [0.1, 0.15) is 23.2 Å². The van der Waals surface area contributed by atoms with Crippen LogP contribution in [0, 0.1) is 5.92 Å². The molecule has 7 heteroatoms. The van der Waals surface area contributed by atoms with Crippen LogP contribution in [0.3, 0.4) is 0 Å². The predicted molar refractivity (Wildman–Crippen MR) is 90.7 cm³/mol. The van der Waals surface area contributed by atoms with Gasteiger partial charge in [-0.25, -0.2) is 0 Å². The molecule has 0 aromatic heterocycles. The molecule has 3 rings (SSSR count). The van der Waals surface area contributed by atoms with E-state index in [1.54, 1.807) is 45.8 Å². The van der Waals surface area contributed by atoms with Gasteiger partial charge in [-0.3, -0.25) is 14.4 Å². The van der Waals surface area contributed by atoms with Crippen molar-refractivity contribution >= 4 is 29.5 Å². The summed E-state index contributed by atoms with van der Waals surface area (Å²) in [5, 5.41) is 9.19. The van der Waals surface area contributed by atoms with Gasteiger partial charge in [0, 0.05) is 24.4 Å². The first-order chi connectivity index (χ1) is 11.6. The number of nitrogens with zero attached hydrogens (tertiary/aromatic N) is 2. The van der Waals surface area contributed by atoms with Gasteiger partial charge in [-0.1, -0.05) is 18.2 Å². The quantitative estimate of drug-likeness (QED) is 0.896. The molecule has 1 N–H and O–H groups in total. The maximum absolute atomic E-state index is 12.8. The highest BCUT2D eigenvalue weighted by Crippen LogP contribution is 2.26. The van der Waals surface area contributed by atoms with E-state index in [0.29, 0.717) is 36.6 Å². The van der Waals surface area contributed by atoms with Crippen LogP contribution in [0.2, 0.25) is 0 Å². The summed E-state index contributed by atoms with van der Waals surface area (Å²) in [7, 11) is 0. The summed E-state index contributed by atoms with van der Waals surface area (Å²) in [4.78, 5) is 39.9. The van der Waals surface area contributed by atoms with Crippen molar-refractivity contribution in [3.05, 3.63) is 35.9 Å². The standard InChI is InChI=1S/C17H20N2O4S/c20-15(12-5-2-1-3-6-12)19-11-24-10-14(19)16(21)18-8-4-7-13(9-18)17(22)23/h1-3,5-6,13-14H,4,7-11H2,(H,22,23). The van der Waals surface area contributed by atoms with Crippen LogP contribution in [0.25, 0.3) is 0 Å². The Kier molecular flexibility index (Phi) is 5.08. The molecule has 0 aliphatic carbocycles. The van der Waals surface area contributed by atoms with Crippen LogP contribution in [0.4, 0.5) is 0 Å². The monoisotopic (exact) mass is 348 g/mol. The molecule has 128 valence electrons. The van der Waals surface area contributed by atoms with Crippen LogP contribution < -0.4 is 0 Å². The van der Waals surface area contributed by atoms with Gasteiger partial charge in [-0.15, -0.1) is 11.8 Å². The summed E-state index contributed by atoms with van der Waals surface area (Å²) >= 11 is 1.55. The van der Waals surface area contributed by atoms with E-state index in [2.05, 4.69) is 0 Å². The molecule has 2 aliphatic rings. The van der Waals surface area contributed by atoms with Crippen molar-refractivity contribution < 1.29 is 19.5 Å². The second-order valence-corrected chi connectivity index (χ2v) is 7.12. The van der Waals surface area contributed by atoms with Crippen LogP contribution in [-0.4, -0.2) is 63.5 Å². The highest BCUT2D eigenvalue weighted by molar-refractivity contribution is 7.99. The first-order valence-electron chi connectivity index (χ1n) is 8.03. The fourth-order valence-corrected chi connectivity index (χ4v) is 4.33. The number of carbonyl (C=O) groups excluding carboxylic acids is 2. The van der Waals surface area contributed by atoms with Gasteiger partial charge in [0.1, 0.15) is 6.04 Å². The topological polar surface area (TPSA) is 77.9 Å². The van der Waals surface area contributed by atoms with E-state index in [-0.39, 0.29) is 18.4 Å². The maximum atomic E-state index is 12.8. The Bertz CT molecular complexity index is 637. The maximum Gasteiger partial charge on any atom is 0.308 e. The summed E-state index contributed by atoms with van der Waals surface area (Å²) < 4.78 is 0. The van der Waals surface area contributed by atoms with E-state index in [1.165, 1.54) is 0 Å². The van der Waals surface area contributed by atoms with Gasteiger partial charge in [0.2, 0.25) is 5.91 Å². The Labute approximate surface area is 144 Å². The molecule has 1 aromatic carbocycles. The highest BCUT2D eigenvalue weighted by Gasteiger charge is 2.39. The molecule has 2 saturated heterocycles. The molecule has 2 unspecified atom stereocenters. The first kappa shape index (κ1) is 16.8. The average molecular weight is 348 g/mol. The number of benzene rings is 1. The third-order valence-electron chi connectivity index (χ3n) is 4.53. The zero-order chi connectivity index (χ0) is 17.1. The highest BCUT2D eigenvalue weighted by atomic mass is 32.2. The SMILES string of the molecule is O=C(O)C1CCCN(C(=O)C2CSCN2C(=O)c2ccccc2)C1. The Hall–Kier alpha value is -2.02. The largest absolute Gasteiger partial charge is 0.481 e. The lowest BCUT2D eigenvalue weighted by atomic mass is 9.97. The number of carboxylic acid groups (broad SMARTS) is 1. The normalized spacial score (nSPS) is 24.0. The fourth-order valence-electron chi connectivity index (χ4n) is 3.18. The third-order valence-corrected chi connectivity index (χ3v) is 5.54. The molecule has 0 radical (unpaired) electrons. The molecule has 6 nitrogen and oxygen atoms in total.